The van der Waals surface area contributed by atoms with Crippen LogP contribution in [0.5, 0.6) is 0 Å². The second kappa shape index (κ2) is 9.47. The topological polar surface area (TPSA) is 58.6 Å². The SMILES string of the molecule is COCC(O)CCNC(=O)CSc1cc(Cl)ccc1Cl. The van der Waals surface area contributed by atoms with Crippen molar-refractivity contribution in [2.75, 3.05) is 26.0 Å². The summed E-state index contributed by atoms with van der Waals surface area (Å²) in [5.74, 6) is 0.135. The number of carbonyl (C=O) groups excluding carboxylic acids is 1. The molecule has 20 heavy (non-hydrogen) atoms. The molecule has 0 aliphatic heterocycles. The highest BCUT2D eigenvalue weighted by molar-refractivity contribution is 8.00. The smallest absolute Gasteiger partial charge is 0.230 e. The summed E-state index contributed by atoms with van der Waals surface area (Å²) in [6.07, 6.45) is -0.0994. The third-order valence-corrected chi connectivity index (χ3v) is 4.14. The summed E-state index contributed by atoms with van der Waals surface area (Å²) < 4.78 is 4.80. The van der Waals surface area contributed by atoms with Gasteiger partial charge in [0, 0.05) is 23.6 Å². The highest BCUT2D eigenvalue weighted by Gasteiger charge is 2.08. The van der Waals surface area contributed by atoms with Gasteiger partial charge >= 0.3 is 0 Å². The Bertz CT molecular complexity index is 446. The fraction of sp³-hybridized carbons (Fsp3) is 0.462. The fourth-order valence-electron chi connectivity index (χ4n) is 1.44. The number of aliphatic hydroxyl groups excluding tert-OH is 1. The fourth-order valence-corrected chi connectivity index (χ4v) is 2.76. The molecular formula is C13H17Cl2NO3S. The number of halogens is 2. The third-order valence-electron chi connectivity index (χ3n) is 2.41. The van der Waals surface area contributed by atoms with Gasteiger partial charge in [-0.2, -0.15) is 0 Å². The van der Waals surface area contributed by atoms with Crippen LogP contribution in [0.4, 0.5) is 0 Å². The Balaban J connectivity index is 2.28. The largest absolute Gasteiger partial charge is 0.391 e. The lowest BCUT2D eigenvalue weighted by Gasteiger charge is -2.10. The van der Waals surface area contributed by atoms with Crippen LogP contribution in [-0.2, 0) is 9.53 Å². The minimum Gasteiger partial charge on any atom is -0.391 e. The third kappa shape index (κ3) is 6.81. The summed E-state index contributed by atoms with van der Waals surface area (Å²) in [7, 11) is 1.52. The minimum absolute atomic E-state index is 0.115. The minimum atomic E-state index is -0.560. The highest BCUT2D eigenvalue weighted by Crippen LogP contribution is 2.29. The van der Waals surface area contributed by atoms with Crippen molar-refractivity contribution in [2.45, 2.75) is 17.4 Å². The standard InChI is InChI=1S/C13H17Cl2NO3S/c1-19-7-10(17)4-5-16-13(18)8-20-12-6-9(14)2-3-11(12)15/h2-3,6,10,17H,4-5,7-8H2,1H3,(H,16,18). The quantitative estimate of drug-likeness (QED) is 0.716. The van der Waals surface area contributed by atoms with Crippen molar-refractivity contribution in [2.24, 2.45) is 0 Å². The van der Waals surface area contributed by atoms with Gasteiger partial charge in [-0.05, 0) is 24.6 Å². The number of hydrogen-bond acceptors (Lipinski definition) is 4. The van der Waals surface area contributed by atoms with E-state index in [1.54, 1.807) is 18.2 Å². The van der Waals surface area contributed by atoms with Crippen molar-refractivity contribution in [3.63, 3.8) is 0 Å². The molecule has 1 rings (SSSR count). The first-order valence-corrected chi connectivity index (χ1v) is 7.78. The Kier molecular flexibility index (Phi) is 8.33. The van der Waals surface area contributed by atoms with E-state index >= 15 is 0 Å². The van der Waals surface area contributed by atoms with Crippen molar-refractivity contribution < 1.29 is 14.6 Å². The zero-order valence-corrected chi connectivity index (χ0v) is 13.4. The Morgan fingerprint density at radius 3 is 2.95 bits per heavy atom. The molecule has 0 heterocycles. The molecule has 1 atom stereocenters. The molecule has 0 aliphatic rings. The summed E-state index contributed by atoms with van der Waals surface area (Å²) in [6, 6.07) is 5.13. The van der Waals surface area contributed by atoms with Gasteiger partial charge in [-0.3, -0.25) is 4.79 Å². The number of aliphatic hydroxyl groups is 1. The number of methoxy groups -OCH3 is 1. The molecule has 1 unspecified atom stereocenters. The van der Waals surface area contributed by atoms with Crippen molar-refractivity contribution in [1.82, 2.24) is 5.32 Å². The van der Waals surface area contributed by atoms with Crippen LogP contribution in [0.2, 0.25) is 10.0 Å². The number of ether oxygens (including phenoxy) is 1. The van der Waals surface area contributed by atoms with Gasteiger partial charge in [0.05, 0.1) is 23.5 Å². The van der Waals surface area contributed by atoms with E-state index in [1.807, 2.05) is 0 Å². The predicted octanol–water partition coefficient (Wildman–Crippen LogP) is 2.60. The van der Waals surface area contributed by atoms with Crippen LogP contribution >= 0.6 is 35.0 Å². The van der Waals surface area contributed by atoms with E-state index in [1.165, 1.54) is 18.9 Å². The van der Waals surface area contributed by atoms with Crippen molar-refractivity contribution in [1.29, 1.82) is 0 Å². The van der Waals surface area contributed by atoms with E-state index in [-0.39, 0.29) is 18.3 Å². The molecule has 0 aliphatic carbocycles. The van der Waals surface area contributed by atoms with Crippen LogP contribution in [0, 0.1) is 0 Å². The van der Waals surface area contributed by atoms with E-state index in [0.717, 1.165) is 4.90 Å². The molecule has 0 spiro atoms. The van der Waals surface area contributed by atoms with Crippen molar-refractivity contribution >= 4 is 40.9 Å². The first-order chi connectivity index (χ1) is 9.52. The van der Waals surface area contributed by atoms with Crippen LogP contribution in [0.15, 0.2) is 23.1 Å². The predicted molar refractivity (Wildman–Crippen MR) is 82.7 cm³/mol. The molecular weight excluding hydrogens is 321 g/mol. The first kappa shape index (κ1) is 17.6. The van der Waals surface area contributed by atoms with Gasteiger partial charge in [-0.1, -0.05) is 23.2 Å². The molecule has 2 N–H and O–H groups in total. The average molecular weight is 338 g/mol. The summed E-state index contributed by atoms with van der Waals surface area (Å²) in [4.78, 5) is 12.4. The number of thioether (sulfide) groups is 1. The Labute approximate surface area is 132 Å². The maximum absolute atomic E-state index is 11.6. The molecule has 1 aromatic rings. The molecule has 1 amide bonds. The molecule has 0 fully saturated rings. The van der Waals surface area contributed by atoms with Gasteiger partial charge in [0.1, 0.15) is 0 Å². The number of nitrogens with one attached hydrogen (secondary N) is 1. The molecule has 0 aromatic heterocycles. The average Bonchev–Trinajstić information content (AvgIpc) is 2.40. The lowest BCUT2D eigenvalue weighted by Crippen LogP contribution is -2.29. The molecule has 0 saturated carbocycles. The zero-order chi connectivity index (χ0) is 15.0. The monoisotopic (exact) mass is 337 g/mol. The van der Waals surface area contributed by atoms with Gasteiger partial charge in [-0.25, -0.2) is 0 Å². The lowest BCUT2D eigenvalue weighted by atomic mass is 10.3. The van der Waals surface area contributed by atoms with E-state index in [0.29, 0.717) is 23.0 Å². The van der Waals surface area contributed by atoms with Gasteiger partial charge in [-0.15, -0.1) is 11.8 Å². The van der Waals surface area contributed by atoms with Crippen LogP contribution < -0.4 is 5.32 Å². The van der Waals surface area contributed by atoms with E-state index < -0.39 is 6.10 Å². The van der Waals surface area contributed by atoms with Crippen molar-refractivity contribution in [3.8, 4) is 0 Å². The molecule has 0 bridgehead atoms. The molecule has 7 heteroatoms. The van der Waals surface area contributed by atoms with Crippen LogP contribution in [-0.4, -0.2) is 43.1 Å². The highest BCUT2D eigenvalue weighted by atomic mass is 35.5. The number of benzene rings is 1. The normalized spacial score (nSPS) is 12.2. The van der Waals surface area contributed by atoms with Gasteiger partial charge in [0.15, 0.2) is 0 Å². The summed E-state index contributed by atoms with van der Waals surface area (Å²) in [6.45, 7) is 0.677. The van der Waals surface area contributed by atoms with Gasteiger partial charge in [0.2, 0.25) is 5.91 Å². The molecule has 4 nitrogen and oxygen atoms in total. The Morgan fingerprint density at radius 2 is 2.25 bits per heavy atom. The van der Waals surface area contributed by atoms with Crippen molar-refractivity contribution in [3.05, 3.63) is 28.2 Å². The van der Waals surface area contributed by atoms with Gasteiger partial charge in [0.25, 0.3) is 0 Å². The summed E-state index contributed by atoms with van der Waals surface area (Å²) >= 11 is 13.2. The molecule has 0 radical (unpaired) electrons. The van der Waals surface area contributed by atoms with Gasteiger partial charge < -0.3 is 15.2 Å². The molecule has 0 saturated heterocycles. The second-order valence-electron chi connectivity index (χ2n) is 4.11. The van der Waals surface area contributed by atoms with Crippen LogP contribution in [0.3, 0.4) is 0 Å². The van der Waals surface area contributed by atoms with Crippen LogP contribution in [0.25, 0.3) is 0 Å². The number of rotatable bonds is 8. The Morgan fingerprint density at radius 1 is 1.50 bits per heavy atom. The number of amides is 1. The molecule has 112 valence electrons. The first-order valence-electron chi connectivity index (χ1n) is 6.04. The summed E-state index contributed by atoms with van der Waals surface area (Å²) in [5.41, 5.74) is 0. The lowest BCUT2D eigenvalue weighted by molar-refractivity contribution is -0.118. The van der Waals surface area contributed by atoms with Crippen LogP contribution in [0.1, 0.15) is 6.42 Å². The maximum Gasteiger partial charge on any atom is 0.230 e. The zero-order valence-electron chi connectivity index (χ0n) is 11.1. The maximum atomic E-state index is 11.6. The number of carbonyl (C=O) groups is 1. The van der Waals surface area contributed by atoms with E-state index in [9.17, 15) is 9.90 Å². The molecule has 1 aromatic carbocycles. The Hall–Kier alpha value is -0.460. The van der Waals surface area contributed by atoms with E-state index in [4.69, 9.17) is 27.9 Å². The second-order valence-corrected chi connectivity index (χ2v) is 5.97. The number of hydrogen-bond donors (Lipinski definition) is 2. The van der Waals surface area contributed by atoms with E-state index in [2.05, 4.69) is 5.32 Å². The summed E-state index contributed by atoms with van der Waals surface area (Å²) in [5, 5.41) is 13.3.